The highest BCUT2D eigenvalue weighted by Gasteiger charge is 2.13. The first-order chi connectivity index (χ1) is 6.37. The Morgan fingerprint density at radius 2 is 2.00 bits per heavy atom. The van der Waals surface area contributed by atoms with Gasteiger partial charge in [0, 0.05) is 13.1 Å². The number of hydrogen-bond donors (Lipinski definition) is 2. The largest absolute Gasteiger partial charge is 0.370 e. The molecule has 0 saturated carbocycles. The molecule has 0 aromatic rings. The molecular formula is C11H25N3. The lowest BCUT2D eigenvalue weighted by Gasteiger charge is -2.20. The van der Waals surface area contributed by atoms with Crippen LogP contribution in [0.3, 0.4) is 0 Å². The molecule has 0 aliphatic rings. The number of nitrogens with one attached hydrogen (secondary N) is 1. The van der Waals surface area contributed by atoms with Crippen molar-refractivity contribution in [2.45, 2.75) is 41.0 Å². The molecule has 0 fully saturated rings. The van der Waals surface area contributed by atoms with Crippen molar-refractivity contribution in [1.82, 2.24) is 5.32 Å². The molecule has 3 N–H and O–H groups in total. The standard InChI is InChI=1S/C11H25N3/c1-6-11(4,5)8-14-10(12)13-7-9(2)3/h9H,6-8H2,1-5H3,(H3,12,13,14). The maximum atomic E-state index is 5.72. The molecule has 0 unspecified atom stereocenters. The van der Waals surface area contributed by atoms with Crippen molar-refractivity contribution >= 4 is 5.96 Å². The topological polar surface area (TPSA) is 50.4 Å². The number of hydrogen-bond acceptors (Lipinski definition) is 1. The highest BCUT2D eigenvalue weighted by atomic mass is 15.1. The fourth-order valence-corrected chi connectivity index (χ4v) is 0.776. The Bertz CT molecular complexity index is 183. The summed E-state index contributed by atoms with van der Waals surface area (Å²) in [5.41, 5.74) is 5.98. The molecule has 0 radical (unpaired) electrons. The summed E-state index contributed by atoms with van der Waals surface area (Å²) < 4.78 is 0. The predicted octanol–water partition coefficient (Wildman–Crippen LogP) is 1.98. The van der Waals surface area contributed by atoms with Crippen molar-refractivity contribution in [2.24, 2.45) is 22.1 Å². The van der Waals surface area contributed by atoms with Crippen LogP contribution in [0, 0.1) is 11.3 Å². The van der Waals surface area contributed by atoms with Gasteiger partial charge in [0.25, 0.3) is 0 Å². The van der Waals surface area contributed by atoms with E-state index in [1.54, 1.807) is 0 Å². The lowest BCUT2D eigenvalue weighted by Crippen LogP contribution is -2.35. The summed E-state index contributed by atoms with van der Waals surface area (Å²) in [5, 5.41) is 3.11. The van der Waals surface area contributed by atoms with Gasteiger partial charge in [-0.1, -0.05) is 34.6 Å². The molecular weight excluding hydrogens is 174 g/mol. The molecule has 3 heteroatoms. The van der Waals surface area contributed by atoms with E-state index in [0.29, 0.717) is 11.9 Å². The van der Waals surface area contributed by atoms with Crippen LogP contribution in [0.15, 0.2) is 4.99 Å². The third kappa shape index (κ3) is 6.75. The number of nitrogens with zero attached hydrogens (tertiary/aromatic N) is 1. The first kappa shape index (κ1) is 13.3. The molecule has 84 valence electrons. The Hall–Kier alpha value is -0.730. The van der Waals surface area contributed by atoms with Gasteiger partial charge < -0.3 is 11.1 Å². The molecule has 0 spiro atoms. The van der Waals surface area contributed by atoms with Crippen molar-refractivity contribution in [3.05, 3.63) is 0 Å². The first-order valence-electron chi connectivity index (χ1n) is 5.41. The molecule has 3 nitrogen and oxygen atoms in total. The molecule has 0 aliphatic carbocycles. The molecule has 0 aliphatic heterocycles. The van der Waals surface area contributed by atoms with Gasteiger partial charge in [-0.15, -0.1) is 0 Å². The van der Waals surface area contributed by atoms with Crippen LogP contribution < -0.4 is 11.1 Å². The number of guanidine groups is 1. The quantitative estimate of drug-likeness (QED) is 0.525. The SMILES string of the molecule is CCC(C)(C)CN=C(N)NCC(C)C. The molecule has 0 aromatic carbocycles. The smallest absolute Gasteiger partial charge is 0.188 e. The Morgan fingerprint density at radius 3 is 2.43 bits per heavy atom. The normalized spacial score (nSPS) is 13.4. The molecule has 14 heavy (non-hydrogen) atoms. The lowest BCUT2D eigenvalue weighted by molar-refractivity contribution is 0.365. The second kappa shape index (κ2) is 5.89. The second-order valence-corrected chi connectivity index (χ2v) is 4.99. The number of nitrogens with two attached hydrogens (primary N) is 1. The molecule has 0 rings (SSSR count). The van der Waals surface area contributed by atoms with Crippen molar-refractivity contribution in [3.8, 4) is 0 Å². The zero-order valence-electron chi connectivity index (χ0n) is 10.2. The van der Waals surface area contributed by atoms with Crippen LogP contribution in [0.2, 0.25) is 0 Å². The van der Waals surface area contributed by atoms with Crippen molar-refractivity contribution in [2.75, 3.05) is 13.1 Å². The summed E-state index contributed by atoms with van der Waals surface area (Å²) in [7, 11) is 0. The minimum atomic E-state index is 0.254. The highest BCUT2D eigenvalue weighted by Crippen LogP contribution is 2.19. The fraction of sp³-hybridized carbons (Fsp3) is 0.909. The van der Waals surface area contributed by atoms with E-state index in [1.165, 1.54) is 0 Å². The molecule has 0 saturated heterocycles. The summed E-state index contributed by atoms with van der Waals surface area (Å²) in [5.74, 6) is 1.17. The molecule has 0 bridgehead atoms. The van der Waals surface area contributed by atoms with Crippen molar-refractivity contribution < 1.29 is 0 Å². The second-order valence-electron chi connectivity index (χ2n) is 4.99. The Balaban J connectivity index is 3.88. The zero-order chi connectivity index (χ0) is 11.2. The summed E-state index contributed by atoms with van der Waals surface area (Å²) >= 11 is 0. The van der Waals surface area contributed by atoms with Crippen LogP contribution in [-0.2, 0) is 0 Å². The first-order valence-corrected chi connectivity index (χ1v) is 5.41. The van der Waals surface area contributed by atoms with E-state index in [1.807, 2.05) is 0 Å². The summed E-state index contributed by atoms with van der Waals surface area (Å²) in [6.45, 7) is 12.6. The fourth-order valence-electron chi connectivity index (χ4n) is 0.776. The van der Waals surface area contributed by atoms with Crippen LogP contribution in [0.4, 0.5) is 0 Å². The molecule has 0 heterocycles. The number of rotatable bonds is 5. The maximum absolute atomic E-state index is 5.72. The summed E-state index contributed by atoms with van der Waals surface area (Å²) in [4.78, 5) is 4.32. The van der Waals surface area contributed by atoms with Crippen LogP contribution in [0.1, 0.15) is 41.0 Å². The van der Waals surface area contributed by atoms with Gasteiger partial charge in [0.1, 0.15) is 0 Å². The van der Waals surface area contributed by atoms with E-state index >= 15 is 0 Å². The van der Waals surface area contributed by atoms with E-state index in [4.69, 9.17) is 5.73 Å². The van der Waals surface area contributed by atoms with Crippen molar-refractivity contribution in [3.63, 3.8) is 0 Å². The van der Waals surface area contributed by atoms with E-state index in [0.717, 1.165) is 19.5 Å². The zero-order valence-corrected chi connectivity index (χ0v) is 10.2. The van der Waals surface area contributed by atoms with Gasteiger partial charge in [0.2, 0.25) is 0 Å². The third-order valence-electron chi connectivity index (χ3n) is 2.33. The van der Waals surface area contributed by atoms with Crippen LogP contribution in [-0.4, -0.2) is 19.0 Å². The Labute approximate surface area is 88.2 Å². The average Bonchev–Trinajstić information content (AvgIpc) is 2.11. The minimum absolute atomic E-state index is 0.254. The minimum Gasteiger partial charge on any atom is -0.370 e. The monoisotopic (exact) mass is 199 g/mol. The van der Waals surface area contributed by atoms with Gasteiger partial charge in [-0.3, -0.25) is 4.99 Å². The molecule has 0 atom stereocenters. The summed E-state index contributed by atoms with van der Waals surface area (Å²) in [6, 6.07) is 0. The van der Waals surface area contributed by atoms with Gasteiger partial charge in [-0.25, -0.2) is 0 Å². The van der Waals surface area contributed by atoms with E-state index in [9.17, 15) is 0 Å². The van der Waals surface area contributed by atoms with Crippen molar-refractivity contribution in [1.29, 1.82) is 0 Å². The Morgan fingerprint density at radius 1 is 1.43 bits per heavy atom. The maximum Gasteiger partial charge on any atom is 0.188 e. The van der Waals surface area contributed by atoms with Gasteiger partial charge in [-0.2, -0.15) is 0 Å². The number of aliphatic imine (C=N–C) groups is 1. The Kier molecular flexibility index (Phi) is 5.58. The van der Waals surface area contributed by atoms with E-state index in [2.05, 4.69) is 44.9 Å². The third-order valence-corrected chi connectivity index (χ3v) is 2.33. The molecule has 0 aromatic heterocycles. The van der Waals surface area contributed by atoms with Gasteiger partial charge in [0.15, 0.2) is 5.96 Å². The highest BCUT2D eigenvalue weighted by molar-refractivity contribution is 5.77. The van der Waals surface area contributed by atoms with Gasteiger partial charge in [0.05, 0.1) is 0 Å². The van der Waals surface area contributed by atoms with Crippen LogP contribution in [0.5, 0.6) is 0 Å². The van der Waals surface area contributed by atoms with E-state index in [-0.39, 0.29) is 5.41 Å². The molecule has 0 amide bonds. The van der Waals surface area contributed by atoms with E-state index < -0.39 is 0 Å². The average molecular weight is 199 g/mol. The van der Waals surface area contributed by atoms with Crippen LogP contribution >= 0.6 is 0 Å². The summed E-state index contributed by atoms with van der Waals surface area (Å²) in [6.07, 6.45) is 1.12. The predicted molar refractivity (Wildman–Crippen MR) is 63.4 cm³/mol. The van der Waals surface area contributed by atoms with Gasteiger partial charge in [-0.05, 0) is 17.8 Å². The lowest BCUT2D eigenvalue weighted by atomic mass is 9.91. The van der Waals surface area contributed by atoms with Crippen LogP contribution in [0.25, 0.3) is 0 Å². The van der Waals surface area contributed by atoms with Gasteiger partial charge >= 0.3 is 0 Å².